The molecule has 0 unspecified atom stereocenters. The Balaban J connectivity index is -0.00000000214. The minimum atomic E-state index is -1.75. The quantitative estimate of drug-likeness (QED) is 0.264. The molecule has 0 aromatic rings. The monoisotopic (exact) mass is 188 g/mol. The summed E-state index contributed by atoms with van der Waals surface area (Å²) in [5, 5.41) is 14.8. The Morgan fingerprint density at radius 2 is 0.636 bits per heavy atom. The van der Waals surface area contributed by atoms with Crippen LogP contribution in [-0.2, 0) is 0 Å². The number of hydrogen-bond acceptors (Lipinski definition) is 3. The zero-order valence-electron chi connectivity index (χ0n) is 5.17. The van der Waals surface area contributed by atoms with E-state index in [1.165, 1.54) is 0 Å². The van der Waals surface area contributed by atoms with Gasteiger partial charge >= 0.3 is 0 Å². The van der Waals surface area contributed by atoms with E-state index >= 15 is 0 Å². The summed E-state index contributed by atoms with van der Waals surface area (Å²) in [6, 6.07) is 0. The van der Waals surface area contributed by atoms with Crippen molar-refractivity contribution in [2.75, 3.05) is 0 Å². The molecule has 11 nitrogen and oxygen atoms in total. The highest BCUT2D eigenvalue weighted by Gasteiger charge is 1.45. The average Bonchev–Trinajstić information content (AvgIpc) is 0.811. The van der Waals surface area contributed by atoms with Crippen LogP contribution in [-0.4, -0.2) is 43.4 Å². The molecule has 0 aromatic heterocycles. The van der Waals surface area contributed by atoms with Gasteiger partial charge in [0.1, 0.15) is 0 Å². The average molecular weight is 188 g/mol. The predicted molar refractivity (Wildman–Crippen MR) is 35.7 cm³/mol. The minimum absolute atomic E-state index is 0. The lowest BCUT2D eigenvalue weighted by Crippen LogP contribution is -1.74. The Bertz CT molecular complexity index is 27.9. The molecular formula is H14NO10-. The second kappa shape index (κ2) is 152. The van der Waals surface area contributed by atoms with Crippen LogP contribution in [0.5, 0.6) is 0 Å². The van der Waals surface area contributed by atoms with Gasteiger partial charge in [0.2, 0.25) is 0 Å². The Morgan fingerprint density at radius 1 is 0.636 bits per heavy atom. The van der Waals surface area contributed by atoms with Crippen molar-refractivity contribution in [3.05, 3.63) is 15.3 Å². The molecule has 11 heavy (non-hydrogen) atoms. The summed E-state index contributed by atoms with van der Waals surface area (Å²) >= 11 is 0. The van der Waals surface area contributed by atoms with Gasteiger partial charge in [-0.3, -0.25) is 0 Å². The molecule has 0 bridgehead atoms. The summed E-state index contributed by atoms with van der Waals surface area (Å²) in [6.45, 7) is 0. The minimum Gasteiger partial charge on any atom is -0.412 e. The van der Waals surface area contributed by atoms with Crippen molar-refractivity contribution in [2.45, 2.75) is 0 Å². The van der Waals surface area contributed by atoms with E-state index in [9.17, 15) is 0 Å². The summed E-state index contributed by atoms with van der Waals surface area (Å²) in [4.78, 5) is 8.25. The summed E-state index contributed by atoms with van der Waals surface area (Å²) in [5.41, 5.74) is 0. The number of rotatable bonds is 0. The normalized spacial score (nSPS) is 2.18. The van der Waals surface area contributed by atoms with Gasteiger partial charge in [-0.25, -0.2) is 0 Å². The maximum atomic E-state index is 8.25. The highest BCUT2D eigenvalue weighted by atomic mass is 16.9. The van der Waals surface area contributed by atoms with Crippen molar-refractivity contribution in [1.82, 2.24) is 0 Å². The van der Waals surface area contributed by atoms with Gasteiger partial charge in [-0.2, -0.15) is 0 Å². The first-order valence-electron chi connectivity index (χ1n) is 0.548. The van der Waals surface area contributed by atoms with E-state index in [-0.39, 0.29) is 38.3 Å². The molecule has 0 spiro atoms. The number of nitrogens with zero attached hydrogens (tertiary/aromatic N) is 1. The molecule has 80 valence electrons. The Morgan fingerprint density at radius 3 is 0.636 bits per heavy atom. The lowest BCUT2D eigenvalue weighted by atomic mass is 13.1. The van der Waals surface area contributed by atoms with Gasteiger partial charge in [-0.15, -0.1) is 0 Å². The lowest BCUT2D eigenvalue weighted by molar-refractivity contribution is -0.402. The summed E-state index contributed by atoms with van der Waals surface area (Å²) in [7, 11) is 0. The van der Waals surface area contributed by atoms with E-state index in [1.807, 2.05) is 0 Å². The van der Waals surface area contributed by atoms with Crippen molar-refractivity contribution in [3.8, 4) is 0 Å². The van der Waals surface area contributed by atoms with Gasteiger partial charge in [0.25, 0.3) is 0 Å². The van der Waals surface area contributed by atoms with Gasteiger partial charge in [0.15, 0.2) is 0 Å². The van der Waals surface area contributed by atoms with Gasteiger partial charge in [0, 0.05) is 0 Å². The molecule has 0 rings (SSSR count). The van der Waals surface area contributed by atoms with Crippen LogP contribution < -0.4 is 0 Å². The van der Waals surface area contributed by atoms with E-state index < -0.39 is 5.09 Å². The molecule has 11 heteroatoms. The molecule has 0 saturated heterocycles. The van der Waals surface area contributed by atoms with E-state index in [1.54, 1.807) is 0 Å². The zero-order valence-corrected chi connectivity index (χ0v) is 5.17. The van der Waals surface area contributed by atoms with E-state index in [0.717, 1.165) is 0 Å². The molecule has 0 atom stereocenters. The largest absolute Gasteiger partial charge is 0.412 e. The molecule has 0 amide bonds. The molecular weight excluding hydrogens is 174 g/mol. The van der Waals surface area contributed by atoms with Crippen molar-refractivity contribution in [2.24, 2.45) is 0 Å². The zero-order chi connectivity index (χ0) is 3.58. The van der Waals surface area contributed by atoms with Crippen molar-refractivity contribution in [3.63, 3.8) is 0 Å². The first kappa shape index (κ1) is 214. The second-order valence-corrected chi connectivity index (χ2v) is 0.224. The highest BCUT2D eigenvalue weighted by Crippen LogP contribution is 1.44. The predicted octanol–water partition coefficient (Wildman–Crippen LogP) is -6.01. The van der Waals surface area contributed by atoms with Crippen LogP contribution >= 0.6 is 0 Å². The molecule has 0 saturated carbocycles. The highest BCUT2D eigenvalue weighted by molar-refractivity contribution is 4.03. The lowest BCUT2D eigenvalue weighted by Gasteiger charge is -1.74. The molecule has 0 aliphatic rings. The van der Waals surface area contributed by atoms with Crippen LogP contribution in [0.4, 0.5) is 0 Å². The van der Waals surface area contributed by atoms with Gasteiger partial charge in [0.05, 0.1) is 5.09 Å². The maximum Gasteiger partial charge on any atom is 0.0689 e. The standard InChI is InChI=1S/NO3.7H2O/c2-1(3)4;;;;;;;/h;7*1H2/q-1;;;;;;;. The maximum absolute atomic E-state index is 8.25. The van der Waals surface area contributed by atoms with Gasteiger partial charge < -0.3 is 53.7 Å². The molecule has 14 N–H and O–H groups in total. The van der Waals surface area contributed by atoms with Crippen LogP contribution in [0.25, 0.3) is 0 Å². The summed E-state index contributed by atoms with van der Waals surface area (Å²) < 4.78 is 0. The molecule has 0 heterocycles. The first-order valence-corrected chi connectivity index (χ1v) is 0.548. The van der Waals surface area contributed by atoms with Crippen LogP contribution in [0.3, 0.4) is 0 Å². The second-order valence-electron chi connectivity index (χ2n) is 0.224. The fraction of sp³-hybridized carbons (Fsp3) is 0. The number of hydrogen-bond donors (Lipinski definition) is 0. The van der Waals surface area contributed by atoms with Crippen molar-refractivity contribution in [1.29, 1.82) is 0 Å². The summed E-state index contributed by atoms with van der Waals surface area (Å²) in [5.74, 6) is 0. The van der Waals surface area contributed by atoms with E-state index in [2.05, 4.69) is 0 Å². The van der Waals surface area contributed by atoms with Crippen LogP contribution in [0.15, 0.2) is 0 Å². The van der Waals surface area contributed by atoms with Crippen LogP contribution in [0.2, 0.25) is 0 Å². The van der Waals surface area contributed by atoms with Gasteiger partial charge in [-0.1, -0.05) is 0 Å². The topological polar surface area (TPSA) is 287 Å². The Kier molecular flexibility index (Phi) is 2950. The van der Waals surface area contributed by atoms with Crippen molar-refractivity contribution < 1.29 is 43.4 Å². The molecule has 0 aromatic carbocycles. The molecule has 0 radical (unpaired) electrons. The molecule has 0 fully saturated rings. The molecule has 0 aliphatic heterocycles. The third-order valence-electron chi connectivity index (χ3n) is 0. The smallest absolute Gasteiger partial charge is 0.0689 e. The van der Waals surface area contributed by atoms with Crippen molar-refractivity contribution >= 4 is 0 Å². The van der Waals surface area contributed by atoms with Gasteiger partial charge in [-0.05, 0) is 0 Å². The first-order chi connectivity index (χ1) is 1.73. The fourth-order valence-electron chi connectivity index (χ4n) is 0. The van der Waals surface area contributed by atoms with Crippen LogP contribution in [0, 0.1) is 15.3 Å². The SMILES string of the molecule is O.O.O.O.O.O.O.O=[N+]([O-])[O-]. The molecule has 0 aliphatic carbocycles. The van der Waals surface area contributed by atoms with Crippen LogP contribution in [0.1, 0.15) is 0 Å². The Hall–Kier alpha value is -1.08. The third kappa shape index (κ3) is 366. The fourth-order valence-corrected chi connectivity index (χ4v) is 0. The third-order valence-corrected chi connectivity index (χ3v) is 0. The van der Waals surface area contributed by atoms with E-state index in [0.29, 0.717) is 0 Å². The van der Waals surface area contributed by atoms with E-state index in [4.69, 9.17) is 15.3 Å². The summed E-state index contributed by atoms with van der Waals surface area (Å²) in [6.07, 6.45) is 0. The Labute approximate surface area is 60.1 Å².